The molecule has 1 aliphatic rings. The molecule has 0 saturated carbocycles. The van der Waals surface area contributed by atoms with Crippen LogP contribution in [0.2, 0.25) is 0 Å². The molecule has 0 saturated heterocycles. The van der Waals surface area contributed by atoms with Crippen molar-refractivity contribution in [3.8, 4) is 0 Å². The number of nitrogens with one attached hydrogen (secondary N) is 1. The quantitative estimate of drug-likeness (QED) is 0.624. The molecule has 0 spiro atoms. The summed E-state index contributed by atoms with van der Waals surface area (Å²) in [6.45, 7) is 9.20. The molecule has 0 bridgehead atoms. The van der Waals surface area contributed by atoms with Gasteiger partial charge in [0, 0.05) is 6.54 Å². The summed E-state index contributed by atoms with van der Waals surface area (Å²) >= 11 is 0. The molecule has 0 radical (unpaired) electrons. The van der Waals surface area contributed by atoms with Crippen LogP contribution >= 0.6 is 0 Å². The van der Waals surface area contributed by atoms with Gasteiger partial charge in [0.15, 0.2) is 0 Å². The van der Waals surface area contributed by atoms with E-state index >= 15 is 0 Å². The predicted octanol–water partition coefficient (Wildman–Crippen LogP) is 2.73. The summed E-state index contributed by atoms with van der Waals surface area (Å²) in [5.74, 6) is 0. The average molecular weight is 167 g/mol. The van der Waals surface area contributed by atoms with Crippen molar-refractivity contribution in [3.63, 3.8) is 0 Å². The highest BCUT2D eigenvalue weighted by Gasteiger charge is 2.11. The Morgan fingerprint density at radius 2 is 2.17 bits per heavy atom. The monoisotopic (exact) mass is 167 g/mol. The Kier molecular flexibility index (Phi) is 3.33. The van der Waals surface area contributed by atoms with E-state index < -0.39 is 0 Å². The van der Waals surface area contributed by atoms with Crippen LogP contribution in [0.1, 0.15) is 40.0 Å². The third kappa shape index (κ3) is 3.91. The summed E-state index contributed by atoms with van der Waals surface area (Å²) in [4.78, 5) is 0. The van der Waals surface area contributed by atoms with Crippen molar-refractivity contribution in [2.24, 2.45) is 5.41 Å². The largest absolute Gasteiger partial charge is 0.313 e. The van der Waals surface area contributed by atoms with E-state index in [0.717, 1.165) is 6.54 Å². The van der Waals surface area contributed by atoms with Gasteiger partial charge in [0.25, 0.3) is 0 Å². The van der Waals surface area contributed by atoms with Crippen molar-refractivity contribution < 1.29 is 0 Å². The molecule has 0 amide bonds. The van der Waals surface area contributed by atoms with Crippen LogP contribution in [0.3, 0.4) is 0 Å². The topological polar surface area (TPSA) is 12.0 Å². The lowest BCUT2D eigenvalue weighted by Gasteiger charge is -2.20. The van der Waals surface area contributed by atoms with Crippen molar-refractivity contribution >= 4 is 0 Å². The zero-order chi connectivity index (χ0) is 9.03. The molecular formula is C11H21N. The van der Waals surface area contributed by atoms with Gasteiger partial charge >= 0.3 is 0 Å². The summed E-state index contributed by atoms with van der Waals surface area (Å²) < 4.78 is 0. The van der Waals surface area contributed by atoms with Crippen molar-refractivity contribution in [3.05, 3.63) is 11.6 Å². The highest BCUT2D eigenvalue weighted by molar-refractivity contribution is 5.06. The van der Waals surface area contributed by atoms with Gasteiger partial charge < -0.3 is 5.32 Å². The number of hydrogen-bond acceptors (Lipinski definition) is 1. The molecule has 1 nitrogen and oxygen atoms in total. The van der Waals surface area contributed by atoms with Gasteiger partial charge in [-0.05, 0) is 31.2 Å². The van der Waals surface area contributed by atoms with Crippen LogP contribution in [0.4, 0.5) is 0 Å². The van der Waals surface area contributed by atoms with Crippen LogP contribution in [-0.2, 0) is 0 Å². The van der Waals surface area contributed by atoms with Crippen LogP contribution in [0, 0.1) is 5.41 Å². The molecule has 0 aromatic heterocycles. The van der Waals surface area contributed by atoms with Gasteiger partial charge in [-0.3, -0.25) is 0 Å². The van der Waals surface area contributed by atoms with Gasteiger partial charge in [0.05, 0.1) is 0 Å². The van der Waals surface area contributed by atoms with Crippen LogP contribution in [0.25, 0.3) is 0 Å². The first-order chi connectivity index (χ1) is 5.58. The minimum atomic E-state index is 0.492. The second-order valence-corrected chi connectivity index (χ2v) is 4.88. The van der Waals surface area contributed by atoms with E-state index in [4.69, 9.17) is 0 Å². The molecule has 1 N–H and O–H groups in total. The molecule has 12 heavy (non-hydrogen) atoms. The maximum Gasteiger partial charge on any atom is 0.0137 e. The van der Waals surface area contributed by atoms with E-state index in [1.165, 1.54) is 25.8 Å². The maximum atomic E-state index is 3.34. The fourth-order valence-corrected chi connectivity index (χ4v) is 1.43. The third-order valence-electron chi connectivity index (χ3n) is 2.35. The standard InChI is InChI=1S/C11H21N/c1-11(2,3)7-4-10-5-8-12-9-6-10/h5,12H,4,6-9H2,1-3H3. The fraction of sp³-hybridized carbons (Fsp3) is 0.818. The Labute approximate surface area is 76.2 Å². The zero-order valence-electron chi connectivity index (χ0n) is 8.61. The first-order valence-electron chi connectivity index (χ1n) is 4.96. The molecule has 0 aliphatic carbocycles. The lowest BCUT2D eigenvalue weighted by molar-refractivity contribution is 0.374. The zero-order valence-corrected chi connectivity index (χ0v) is 8.61. The third-order valence-corrected chi connectivity index (χ3v) is 2.35. The minimum absolute atomic E-state index is 0.492. The Bertz CT molecular complexity index is 162. The van der Waals surface area contributed by atoms with Crippen LogP contribution in [0.5, 0.6) is 0 Å². The van der Waals surface area contributed by atoms with Gasteiger partial charge in [-0.25, -0.2) is 0 Å². The Morgan fingerprint density at radius 1 is 1.42 bits per heavy atom. The van der Waals surface area contributed by atoms with Gasteiger partial charge in [-0.2, -0.15) is 0 Å². The lowest BCUT2D eigenvalue weighted by atomic mass is 9.87. The van der Waals surface area contributed by atoms with Gasteiger partial charge in [0.1, 0.15) is 0 Å². The van der Waals surface area contributed by atoms with E-state index in [1.807, 2.05) is 0 Å². The van der Waals surface area contributed by atoms with E-state index in [9.17, 15) is 0 Å². The van der Waals surface area contributed by atoms with Crippen molar-refractivity contribution in [2.75, 3.05) is 13.1 Å². The van der Waals surface area contributed by atoms with E-state index in [-0.39, 0.29) is 0 Å². The number of hydrogen-bond donors (Lipinski definition) is 1. The van der Waals surface area contributed by atoms with E-state index in [2.05, 4.69) is 32.2 Å². The predicted molar refractivity (Wildman–Crippen MR) is 54.3 cm³/mol. The first-order valence-corrected chi connectivity index (χ1v) is 4.96. The summed E-state index contributed by atoms with van der Waals surface area (Å²) in [6, 6.07) is 0. The lowest BCUT2D eigenvalue weighted by Crippen LogP contribution is -2.21. The SMILES string of the molecule is CC(C)(C)CCC1=CCNCC1. The van der Waals surface area contributed by atoms with Gasteiger partial charge in [-0.1, -0.05) is 32.4 Å². The molecule has 70 valence electrons. The molecule has 1 heterocycles. The van der Waals surface area contributed by atoms with Crippen molar-refractivity contribution in [1.29, 1.82) is 0 Å². The van der Waals surface area contributed by atoms with E-state index in [1.54, 1.807) is 5.57 Å². The first kappa shape index (κ1) is 9.79. The van der Waals surface area contributed by atoms with E-state index in [0.29, 0.717) is 5.41 Å². The average Bonchev–Trinajstić information content (AvgIpc) is 2.02. The fourth-order valence-electron chi connectivity index (χ4n) is 1.43. The van der Waals surface area contributed by atoms with Crippen molar-refractivity contribution in [1.82, 2.24) is 5.32 Å². The summed E-state index contributed by atoms with van der Waals surface area (Å²) in [6.07, 6.45) is 6.23. The molecule has 1 heteroatoms. The minimum Gasteiger partial charge on any atom is -0.313 e. The second-order valence-electron chi connectivity index (χ2n) is 4.88. The molecule has 0 aromatic carbocycles. The van der Waals surface area contributed by atoms with Gasteiger partial charge in [-0.15, -0.1) is 0 Å². The van der Waals surface area contributed by atoms with Crippen LogP contribution < -0.4 is 5.32 Å². The summed E-state index contributed by atoms with van der Waals surface area (Å²) in [7, 11) is 0. The molecule has 0 aromatic rings. The molecule has 1 rings (SSSR count). The van der Waals surface area contributed by atoms with Crippen molar-refractivity contribution in [2.45, 2.75) is 40.0 Å². The molecule has 0 atom stereocenters. The Morgan fingerprint density at radius 3 is 2.67 bits per heavy atom. The highest BCUT2D eigenvalue weighted by Crippen LogP contribution is 2.24. The second kappa shape index (κ2) is 4.08. The molecular weight excluding hydrogens is 146 g/mol. The summed E-state index contributed by atoms with van der Waals surface area (Å²) in [5, 5.41) is 3.34. The van der Waals surface area contributed by atoms with Crippen LogP contribution in [0.15, 0.2) is 11.6 Å². The van der Waals surface area contributed by atoms with Crippen LogP contribution in [-0.4, -0.2) is 13.1 Å². The molecule has 0 fully saturated rings. The normalized spacial score (nSPS) is 19.1. The highest BCUT2D eigenvalue weighted by atomic mass is 14.8. The molecule has 0 unspecified atom stereocenters. The smallest absolute Gasteiger partial charge is 0.0137 e. The summed E-state index contributed by atoms with van der Waals surface area (Å²) in [5.41, 5.74) is 2.15. The maximum absolute atomic E-state index is 3.34. The number of rotatable bonds is 2. The Hall–Kier alpha value is -0.300. The van der Waals surface area contributed by atoms with Gasteiger partial charge in [0.2, 0.25) is 0 Å². The molecule has 1 aliphatic heterocycles. The Balaban J connectivity index is 2.26.